The molecule has 0 radical (unpaired) electrons. The topological polar surface area (TPSA) is 30.0 Å². The van der Waals surface area contributed by atoms with E-state index in [4.69, 9.17) is 0 Å². The molecule has 10 heavy (non-hydrogen) atoms. The third-order valence-electron chi connectivity index (χ3n) is 0.837. The van der Waals surface area contributed by atoms with Crippen LogP contribution in [0, 0.1) is 0 Å². The van der Waals surface area contributed by atoms with Crippen LogP contribution >= 0.6 is 43.2 Å². The maximum absolute atomic E-state index is 10.9. The summed E-state index contributed by atoms with van der Waals surface area (Å²) in [6.45, 7) is 0. The molecule has 54 valence electrons. The molecule has 0 atom stereocenters. The first kappa shape index (κ1) is 8.36. The van der Waals surface area contributed by atoms with Gasteiger partial charge in [-0.25, -0.2) is 4.98 Å². The van der Waals surface area contributed by atoms with E-state index >= 15 is 0 Å². The fourth-order valence-electron chi connectivity index (χ4n) is 0.441. The molecule has 0 N–H and O–H groups in total. The van der Waals surface area contributed by atoms with E-state index in [1.165, 1.54) is 11.3 Å². The van der Waals surface area contributed by atoms with E-state index in [2.05, 4.69) is 36.8 Å². The van der Waals surface area contributed by atoms with Gasteiger partial charge in [-0.05, 0) is 15.9 Å². The molecular weight excluding hydrogens is 282 g/mol. The Morgan fingerprint density at radius 2 is 2.50 bits per heavy atom. The highest BCUT2D eigenvalue weighted by Gasteiger charge is 2.07. The van der Waals surface area contributed by atoms with Crippen molar-refractivity contribution in [3.8, 4) is 0 Å². The Bertz CT molecular complexity index is 248. The number of aromatic nitrogens is 1. The maximum Gasteiger partial charge on any atom is 0.201 e. The van der Waals surface area contributed by atoms with Gasteiger partial charge in [0.15, 0.2) is 5.01 Å². The normalized spacial score (nSPS) is 9.80. The first-order chi connectivity index (χ1) is 4.74. The van der Waals surface area contributed by atoms with Crippen LogP contribution in [0.1, 0.15) is 9.80 Å². The Kier molecular flexibility index (Phi) is 3.00. The number of carbonyl (C=O) groups excluding carboxylic acids is 1. The summed E-state index contributed by atoms with van der Waals surface area (Å²) < 4.78 is 0.886. The Balaban J connectivity index is 2.85. The molecule has 0 aromatic carbocycles. The fourth-order valence-corrected chi connectivity index (χ4v) is 2.04. The zero-order valence-electron chi connectivity index (χ0n) is 4.80. The molecule has 1 heterocycles. The second kappa shape index (κ2) is 3.59. The number of hydrogen-bond acceptors (Lipinski definition) is 3. The molecule has 1 aromatic rings. The number of nitrogens with zero attached hydrogens (tertiary/aromatic N) is 1. The van der Waals surface area contributed by atoms with Crippen LogP contribution in [0.15, 0.2) is 9.98 Å². The molecular formula is C5H3Br2NOS. The van der Waals surface area contributed by atoms with Gasteiger partial charge in [-0.2, -0.15) is 0 Å². The molecule has 0 amide bonds. The van der Waals surface area contributed by atoms with Crippen LogP contribution in [0.5, 0.6) is 0 Å². The third-order valence-corrected chi connectivity index (χ3v) is 2.86. The van der Waals surface area contributed by atoms with Gasteiger partial charge in [-0.15, -0.1) is 11.3 Å². The van der Waals surface area contributed by atoms with Crippen molar-refractivity contribution < 1.29 is 4.79 Å². The lowest BCUT2D eigenvalue weighted by Gasteiger charge is -1.84. The second-order valence-electron chi connectivity index (χ2n) is 1.53. The van der Waals surface area contributed by atoms with E-state index in [1.807, 2.05) is 0 Å². The predicted molar refractivity (Wildman–Crippen MR) is 47.9 cm³/mol. The standard InChI is InChI=1S/C5H3Br2NOS/c6-1-3(9)5-8-2-4(7)10-5/h2H,1H2. The summed E-state index contributed by atoms with van der Waals surface area (Å²) in [5.74, 6) is 0.0238. The number of carbonyl (C=O) groups is 1. The minimum Gasteiger partial charge on any atom is -0.291 e. The van der Waals surface area contributed by atoms with Crippen molar-refractivity contribution in [1.29, 1.82) is 0 Å². The second-order valence-corrected chi connectivity index (χ2v) is 4.50. The van der Waals surface area contributed by atoms with Gasteiger partial charge in [0.2, 0.25) is 5.78 Å². The molecule has 0 spiro atoms. The predicted octanol–water partition coefficient (Wildman–Crippen LogP) is 2.48. The van der Waals surface area contributed by atoms with E-state index in [-0.39, 0.29) is 5.78 Å². The molecule has 0 aliphatic rings. The summed E-state index contributed by atoms with van der Waals surface area (Å²) in [5, 5.41) is 0.885. The van der Waals surface area contributed by atoms with Gasteiger partial charge in [0.05, 0.1) is 15.3 Å². The number of halogens is 2. The van der Waals surface area contributed by atoms with Crippen LogP contribution in [0.2, 0.25) is 0 Å². The van der Waals surface area contributed by atoms with Gasteiger partial charge in [-0.1, -0.05) is 15.9 Å². The SMILES string of the molecule is O=C(CBr)c1ncc(Br)s1. The Morgan fingerprint density at radius 3 is 2.90 bits per heavy atom. The molecule has 0 aliphatic heterocycles. The molecule has 0 saturated carbocycles. The van der Waals surface area contributed by atoms with Gasteiger partial charge >= 0.3 is 0 Å². The summed E-state index contributed by atoms with van der Waals surface area (Å²) in [5.41, 5.74) is 0. The van der Waals surface area contributed by atoms with E-state index < -0.39 is 0 Å². The highest BCUT2D eigenvalue weighted by Crippen LogP contribution is 2.19. The smallest absolute Gasteiger partial charge is 0.201 e. The Hall–Kier alpha value is 0.260. The fraction of sp³-hybridized carbons (Fsp3) is 0.200. The molecule has 1 aromatic heterocycles. The lowest BCUT2D eigenvalue weighted by molar-refractivity contribution is 0.102. The molecule has 0 aliphatic carbocycles. The number of Topliss-reactive ketones (excluding diaryl/α,β-unsaturated/α-hetero) is 1. The van der Waals surface area contributed by atoms with Crippen molar-refractivity contribution in [2.24, 2.45) is 0 Å². The highest BCUT2D eigenvalue weighted by atomic mass is 79.9. The monoisotopic (exact) mass is 283 g/mol. The molecule has 2 nitrogen and oxygen atoms in total. The maximum atomic E-state index is 10.9. The first-order valence-corrected chi connectivity index (χ1v) is 5.17. The van der Waals surface area contributed by atoms with Crippen LogP contribution in [-0.4, -0.2) is 16.1 Å². The number of hydrogen-bond donors (Lipinski definition) is 0. The Morgan fingerprint density at radius 1 is 1.80 bits per heavy atom. The van der Waals surface area contributed by atoms with Crippen LogP contribution in [-0.2, 0) is 0 Å². The van der Waals surface area contributed by atoms with Crippen LogP contribution in [0.3, 0.4) is 0 Å². The summed E-state index contributed by atoms with van der Waals surface area (Å²) in [6, 6.07) is 0. The van der Waals surface area contributed by atoms with Crippen molar-refractivity contribution >= 4 is 49.0 Å². The van der Waals surface area contributed by atoms with E-state index in [0.717, 1.165) is 3.79 Å². The number of thiazole rings is 1. The van der Waals surface area contributed by atoms with Crippen molar-refractivity contribution in [2.75, 3.05) is 5.33 Å². The van der Waals surface area contributed by atoms with Crippen LogP contribution in [0.25, 0.3) is 0 Å². The number of ketones is 1. The number of alkyl halides is 1. The molecule has 5 heteroatoms. The van der Waals surface area contributed by atoms with Crippen LogP contribution in [0.4, 0.5) is 0 Å². The average molecular weight is 285 g/mol. The van der Waals surface area contributed by atoms with E-state index in [1.54, 1.807) is 6.20 Å². The highest BCUT2D eigenvalue weighted by molar-refractivity contribution is 9.11. The molecule has 1 rings (SSSR count). The van der Waals surface area contributed by atoms with Gasteiger partial charge in [0, 0.05) is 0 Å². The van der Waals surface area contributed by atoms with Crippen molar-refractivity contribution in [1.82, 2.24) is 4.98 Å². The van der Waals surface area contributed by atoms with Crippen LogP contribution < -0.4 is 0 Å². The molecule has 0 saturated heterocycles. The minimum atomic E-state index is 0.0238. The average Bonchev–Trinajstić information content (AvgIpc) is 2.34. The van der Waals surface area contributed by atoms with Gasteiger partial charge in [-0.3, -0.25) is 4.79 Å². The zero-order valence-corrected chi connectivity index (χ0v) is 8.79. The van der Waals surface area contributed by atoms with Crippen molar-refractivity contribution in [2.45, 2.75) is 0 Å². The lowest BCUT2D eigenvalue weighted by Crippen LogP contribution is -1.97. The number of rotatable bonds is 2. The largest absolute Gasteiger partial charge is 0.291 e. The molecule has 0 bridgehead atoms. The molecule has 0 unspecified atom stereocenters. The summed E-state index contributed by atoms with van der Waals surface area (Å²) in [7, 11) is 0. The molecule has 0 fully saturated rings. The zero-order chi connectivity index (χ0) is 7.56. The van der Waals surface area contributed by atoms with E-state index in [0.29, 0.717) is 10.3 Å². The summed E-state index contributed by atoms with van der Waals surface area (Å²) >= 11 is 7.63. The quantitative estimate of drug-likeness (QED) is 0.617. The third kappa shape index (κ3) is 1.87. The minimum absolute atomic E-state index is 0.0238. The lowest BCUT2D eigenvalue weighted by atomic mass is 10.5. The summed E-state index contributed by atoms with van der Waals surface area (Å²) in [4.78, 5) is 14.8. The van der Waals surface area contributed by atoms with Gasteiger partial charge < -0.3 is 0 Å². The Labute approximate surface area is 78.9 Å². The van der Waals surface area contributed by atoms with Gasteiger partial charge in [0.25, 0.3) is 0 Å². The van der Waals surface area contributed by atoms with E-state index in [9.17, 15) is 4.79 Å². The summed E-state index contributed by atoms with van der Waals surface area (Å²) in [6.07, 6.45) is 1.63. The first-order valence-electron chi connectivity index (χ1n) is 2.44. The van der Waals surface area contributed by atoms with Crippen molar-refractivity contribution in [3.05, 3.63) is 15.0 Å². The van der Waals surface area contributed by atoms with Crippen molar-refractivity contribution in [3.63, 3.8) is 0 Å². The van der Waals surface area contributed by atoms with Gasteiger partial charge in [0.1, 0.15) is 0 Å².